The van der Waals surface area contributed by atoms with Crippen LogP contribution in [-0.2, 0) is 0 Å². The topological polar surface area (TPSA) is 55.0 Å². The van der Waals surface area contributed by atoms with Gasteiger partial charge < -0.3 is 4.74 Å². The fourth-order valence-electron chi connectivity index (χ4n) is 1.41. The van der Waals surface area contributed by atoms with Crippen LogP contribution in [0.4, 0.5) is 0 Å². The zero-order valence-corrected chi connectivity index (χ0v) is 13.3. The Bertz CT molecular complexity index is 573. The third-order valence-corrected chi connectivity index (χ3v) is 2.74. The monoisotopic (exact) mass is 293 g/mol. The first-order valence-corrected chi connectivity index (χ1v) is 5.46. The van der Waals surface area contributed by atoms with Crippen molar-refractivity contribution in [1.29, 1.82) is 0 Å². The van der Waals surface area contributed by atoms with Gasteiger partial charge >= 0.3 is 0 Å². The van der Waals surface area contributed by atoms with E-state index in [2.05, 4.69) is 10.2 Å². The second-order valence-corrected chi connectivity index (χ2v) is 4.09. The van der Waals surface area contributed by atoms with Crippen LogP contribution in [-0.4, -0.2) is 46.9 Å². The summed E-state index contributed by atoms with van der Waals surface area (Å²) >= 11 is 12.0. The van der Waals surface area contributed by atoms with Gasteiger partial charge in [0.25, 0.3) is 5.56 Å². The van der Waals surface area contributed by atoms with Gasteiger partial charge in [-0.1, -0.05) is 23.2 Å². The molecular weight excluding hydrogens is 286 g/mol. The number of aromatic nitrogens is 2. The number of rotatable bonds is 2. The Hall–Kier alpha value is -0.520. The molecular formula is C11H8Cl2N2NaO2. The average Bonchev–Trinajstić information content (AvgIpc) is 2.29. The first-order chi connectivity index (χ1) is 8.11. The Kier molecular flexibility index (Phi) is 5.69. The van der Waals surface area contributed by atoms with Gasteiger partial charge in [0.05, 0.1) is 22.8 Å². The van der Waals surface area contributed by atoms with E-state index in [1.54, 1.807) is 18.2 Å². The minimum absolute atomic E-state index is 0. The maximum atomic E-state index is 10.9. The molecule has 0 amide bonds. The molecule has 0 spiro atoms. The molecule has 89 valence electrons. The summed E-state index contributed by atoms with van der Waals surface area (Å²) in [5.74, 6) is 0.418. The summed E-state index contributed by atoms with van der Waals surface area (Å²) in [4.78, 5) is 10.9. The van der Waals surface area contributed by atoms with E-state index in [9.17, 15) is 4.79 Å². The molecule has 0 aliphatic rings. The Labute approximate surface area is 136 Å². The van der Waals surface area contributed by atoms with Crippen LogP contribution in [0, 0.1) is 0 Å². The van der Waals surface area contributed by atoms with Crippen molar-refractivity contribution < 1.29 is 4.74 Å². The zero-order valence-electron chi connectivity index (χ0n) is 9.83. The van der Waals surface area contributed by atoms with Crippen molar-refractivity contribution in [3.05, 3.63) is 44.7 Å². The molecule has 0 aliphatic heterocycles. The maximum Gasteiger partial charge on any atom is 0.264 e. The second kappa shape index (κ2) is 6.59. The number of ether oxygens (including phenoxy) is 1. The molecule has 18 heavy (non-hydrogen) atoms. The largest absolute Gasteiger partial charge is 0.494 e. The van der Waals surface area contributed by atoms with Crippen LogP contribution in [0.3, 0.4) is 0 Å². The minimum atomic E-state index is -0.264. The van der Waals surface area contributed by atoms with Crippen molar-refractivity contribution in [2.24, 2.45) is 0 Å². The van der Waals surface area contributed by atoms with Gasteiger partial charge in [-0.2, -0.15) is 5.10 Å². The molecule has 2 rings (SSSR count). The van der Waals surface area contributed by atoms with Gasteiger partial charge in [-0.15, -0.1) is 0 Å². The molecule has 1 radical (unpaired) electrons. The van der Waals surface area contributed by atoms with Crippen molar-refractivity contribution in [3.63, 3.8) is 0 Å². The van der Waals surface area contributed by atoms with Crippen molar-refractivity contribution in [2.45, 2.75) is 0 Å². The number of aromatic amines is 1. The summed E-state index contributed by atoms with van der Waals surface area (Å²) < 4.78 is 5.04. The van der Waals surface area contributed by atoms with Crippen LogP contribution in [0.1, 0.15) is 0 Å². The van der Waals surface area contributed by atoms with Gasteiger partial charge in [0.15, 0.2) is 5.75 Å². The number of hydrogen-bond acceptors (Lipinski definition) is 3. The van der Waals surface area contributed by atoms with Crippen molar-refractivity contribution in [2.75, 3.05) is 7.11 Å². The Morgan fingerprint density at radius 3 is 2.28 bits per heavy atom. The van der Waals surface area contributed by atoms with Gasteiger partial charge in [-0.3, -0.25) is 4.79 Å². The summed E-state index contributed by atoms with van der Waals surface area (Å²) in [5, 5.41) is 7.02. The number of hydrogen-bond donors (Lipinski definition) is 1. The predicted molar refractivity (Wildman–Crippen MR) is 72.6 cm³/mol. The molecule has 0 saturated heterocycles. The van der Waals surface area contributed by atoms with Crippen LogP contribution in [0.5, 0.6) is 5.75 Å². The number of H-pyrrole nitrogens is 1. The molecule has 1 aromatic carbocycles. The van der Waals surface area contributed by atoms with Crippen molar-refractivity contribution in [1.82, 2.24) is 10.2 Å². The van der Waals surface area contributed by atoms with Gasteiger partial charge in [0.1, 0.15) is 0 Å². The minimum Gasteiger partial charge on any atom is -0.494 e. The molecule has 0 saturated carbocycles. The molecule has 0 unspecified atom stereocenters. The molecule has 1 aromatic heterocycles. The summed E-state index contributed by atoms with van der Waals surface area (Å²) in [6.07, 6.45) is 0. The Morgan fingerprint density at radius 2 is 1.83 bits per heavy atom. The maximum absolute atomic E-state index is 10.9. The van der Waals surface area contributed by atoms with E-state index >= 15 is 0 Å². The van der Waals surface area contributed by atoms with Gasteiger partial charge in [0, 0.05) is 41.2 Å². The van der Waals surface area contributed by atoms with Crippen LogP contribution < -0.4 is 10.3 Å². The molecule has 1 heterocycles. The quantitative estimate of drug-likeness (QED) is 0.865. The molecule has 0 atom stereocenters. The average molecular weight is 294 g/mol. The van der Waals surface area contributed by atoms with Gasteiger partial charge in [-0.05, 0) is 18.2 Å². The predicted octanol–water partition coefficient (Wildman–Crippen LogP) is 2.37. The van der Waals surface area contributed by atoms with Gasteiger partial charge in [0.2, 0.25) is 0 Å². The molecule has 0 bridgehead atoms. The van der Waals surface area contributed by atoms with Crippen LogP contribution in [0.2, 0.25) is 10.0 Å². The zero-order chi connectivity index (χ0) is 12.4. The van der Waals surface area contributed by atoms with E-state index in [0.29, 0.717) is 27.1 Å². The molecule has 1 N–H and O–H groups in total. The first kappa shape index (κ1) is 15.5. The van der Waals surface area contributed by atoms with Crippen molar-refractivity contribution in [3.8, 4) is 17.0 Å². The van der Waals surface area contributed by atoms with E-state index in [-0.39, 0.29) is 35.1 Å². The smallest absolute Gasteiger partial charge is 0.264 e. The van der Waals surface area contributed by atoms with Crippen molar-refractivity contribution >= 4 is 52.8 Å². The third kappa shape index (κ3) is 3.28. The summed E-state index contributed by atoms with van der Waals surface area (Å²) in [6.45, 7) is 0. The van der Waals surface area contributed by atoms with E-state index < -0.39 is 0 Å². The third-order valence-electron chi connectivity index (χ3n) is 2.18. The summed E-state index contributed by atoms with van der Waals surface area (Å²) in [6, 6.07) is 6.32. The van der Waals surface area contributed by atoms with E-state index in [0.717, 1.165) is 0 Å². The van der Waals surface area contributed by atoms with Crippen LogP contribution in [0.25, 0.3) is 11.3 Å². The van der Waals surface area contributed by atoms with Crippen LogP contribution >= 0.6 is 23.2 Å². The molecule has 4 nitrogen and oxygen atoms in total. The normalized spacial score (nSPS) is 9.72. The molecule has 2 aromatic rings. The number of nitrogens with one attached hydrogen (secondary N) is 1. The van der Waals surface area contributed by atoms with Gasteiger partial charge in [-0.25, -0.2) is 5.10 Å². The molecule has 0 fully saturated rings. The standard InChI is InChI=1S/C11H8Cl2N2O2.Na/c1-17-11-7(12)4-6(5-8(11)13)9-2-3-10(16)15-14-9;/h2-5H,1H3,(H,15,16);. The number of halogens is 2. The first-order valence-electron chi connectivity index (χ1n) is 4.71. The fraction of sp³-hybridized carbons (Fsp3) is 0.0909. The van der Waals surface area contributed by atoms with E-state index in [1.165, 1.54) is 13.2 Å². The second-order valence-electron chi connectivity index (χ2n) is 3.28. The Balaban J connectivity index is 0.00000162. The molecule has 0 aliphatic carbocycles. The number of benzene rings is 1. The van der Waals surface area contributed by atoms with E-state index in [4.69, 9.17) is 27.9 Å². The fourth-order valence-corrected chi connectivity index (χ4v) is 2.05. The number of methoxy groups -OCH3 is 1. The summed E-state index contributed by atoms with van der Waals surface area (Å²) in [5.41, 5.74) is 1.02. The van der Waals surface area contributed by atoms with Crippen LogP contribution in [0.15, 0.2) is 29.1 Å². The number of nitrogens with zero attached hydrogens (tertiary/aromatic N) is 1. The molecule has 7 heteroatoms. The Morgan fingerprint density at radius 1 is 1.22 bits per heavy atom. The summed E-state index contributed by atoms with van der Waals surface area (Å²) in [7, 11) is 1.49. The van der Waals surface area contributed by atoms with E-state index in [1.807, 2.05) is 0 Å². The SMILES string of the molecule is COc1c(Cl)cc(-c2ccc(=O)[nH]n2)cc1Cl.[Na].